The first kappa shape index (κ1) is 10.9. The molecule has 0 radical (unpaired) electrons. The van der Waals surface area contributed by atoms with E-state index in [0.29, 0.717) is 0 Å². The number of aliphatic carboxylic acids is 1. The fourth-order valence-electron chi connectivity index (χ4n) is 1.06. The number of hydrogen-bond acceptors (Lipinski definition) is 2. The van der Waals surface area contributed by atoms with E-state index in [2.05, 4.69) is 0 Å². The zero-order valence-corrected chi connectivity index (χ0v) is 7.80. The molecule has 1 aliphatic carbocycles. The molecule has 4 nitrogen and oxygen atoms in total. The van der Waals surface area contributed by atoms with Gasteiger partial charge in [-0.2, -0.15) is 0 Å². The number of nitrogens with one attached hydrogen (secondary N) is 1. The molecular formula is C8H11F2NO3. The van der Waals surface area contributed by atoms with E-state index in [0.717, 1.165) is 6.92 Å². The van der Waals surface area contributed by atoms with Gasteiger partial charge in [-0.05, 0) is 13.8 Å². The standard InChI is InChI=1S/C8H11F2NO3/c1-4(5(12)13)11-6(14)7(2)3-8(7,9)10/h4H,3H2,1-2H3,(H,11,14)(H,12,13)/t4-,7?/m0/s1. The molecule has 0 aliphatic heterocycles. The van der Waals surface area contributed by atoms with Gasteiger partial charge in [-0.15, -0.1) is 0 Å². The summed E-state index contributed by atoms with van der Waals surface area (Å²) in [5.74, 6) is -5.15. The smallest absolute Gasteiger partial charge is 0.325 e. The summed E-state index contributed by atoms with van der Waals surface area (Å²) in [4.78, 5) is 21.5. The highest BCUT2D eigenvalue weighted by atomic mass is 19.3. The third-order valence-corrected chi connectivity index (χ3v) is 2.48. The van der Waals surface area contributed by atoms with Gasteiger partial charge in [0.15, 0.2) is 0 Å². The molecule has 1 fully saturated rings. The quantitative estimate of drug-likeness (QED) is 0.713. The predicted molar refractivity (Wildman–Crippen MR) is 42.9 cm³/mol. The van der Waals surface area contributed by atoms with Gasteiger partial charge in [0.1, 0.15) is 11.5 Å². The van der Waals surface area contributed by atoms with Crippen LogP contribution >= 0.6 is 0 Å². The highest BCUT2D eigenvalue weighted by Gasteiger charge is 2.72. The summed E-state index contributed by atoms with van der Waals surface area (Å²) in [6, 6.07) is -1.14. The van der Waals surface area contributed by atoms with Crippen LogP contribution in [0, 0.1) is 5.41 Å². The molecule has 1 aliphatic rings. The highest BCUT2D eigenvalue weighted by Crippen LogP contribution is 2.60. The molecule has 14 heavy (non-hydrogen) atoms. The second-order valence-electron chi connectivity index (χ2n) is 3.75. The molecule has 0 bridgehead atoms. The molecule has 0 spiro atoms. The summed E-state index contributed by atoms with van der Waals surface area (Å²) in [7, 11) is 0. The van der Waals surface area contributed by atoms with Gasteiger partial charge in [0.2, 0.25) is 5.91 Å². The zero-order chi connectivity index (χ0) is 11.1. The predicted octanol–water partition coefficient (Wildman–Crippen LogP) is 0.621. The first-order valence-electron chi connectivity index (χ1n) is 4.12. The van der Waals surface area contributed by atoms with Crippen LogP contribution in [0.1, 0.15) is 20.3 Å². The molecule has 1 saturated carbocycles. The van der Waals surface area contributed by atoms with Crippen molar-refractivity contribution < 1.29 is 23.5 Å². The molecule has 2 atom stereocenters. The third-order valence-electron chi connectivity index (χ3n) is 2.48. The van der Waals surface area contributed by atoms with Crippen LogP contribution < -0.4 is 5.32 Å². The fraction of sp³-hybridized carbons (Fsp3) is 0.750. The Morgan fingerprint density at radius 1 is 1.50 bits per heavy atom. The summed E-state index contributed by atoms with van der Waals surface area (Å²) in [6.07, 6.45) is -0.516. The van der Waals surface area contributed by atoms with Crippen LogP contribution in [0.5, 0.6) is 0 Å². The minimum Gasteiger partial charge on any atom is -0.480 e. The van der Waals surface area contributed by atoms with Crippen molar-refractivity contribution in [2.75, 3.05) is 0 Å². The number of carboxylic acids is 1. The molecule has 0 aromatic rings. The maximum atomic E-state index is 12.7. The highest BCUT2D eigenvalue weighted by molar-refractivity contribution is 5.90. The summed E-state index contributed by atoms with van der Waals surface area (Å²) >= 11 is 0. The minimum atomic E-state index is -3.00. The van der Waals surface area contributed by atoms with Crippen molar-refractivity contribution in [3.05, 3.63) is 0 Å². The van der Waals surface area contributed by atoms with E-state index >= 15 is 0 Å². The number of hydrogen-bond donors (Lipinski definition) is 2. The Morgan fingerprint density at radius 3 is 2.21 bits per heavy atom. The van der Waals surface area contributed by atoms with E-state index in [1.807, 2.05) is 5.32 Å². The van der Waals surface area contributed by atoms with Gasteiger partial charge in [-0.25, -0.2) is 8.78 Å². The van der Waals surface area contributed by atoms with E-state index in [1.165, 1.54) is 6.92 Å². The van der Waals surface area contributed by atoms with Crippen LogP contribution in [-0.2, 0) is 9.59 Å². The third kappa shape index (κ3) is 1.56. The number of carboxylic acid groups (broad SMARTS) is 1. The fourth-order valence-corrected chi connectivity index (χ4v) is 1.06. The van der Waals surface area contributed by atoms with Crippen molar-refractivity contribution >= 4 is 11.9 Å². The first-order valence-corrected chi connectivity index (χ1v) is 4.12. The second-order valence-corrected chi connectivity index (χ2v) is 3.75. The summed E-state index contributed by atoms with van der Waals surface area (Å²) < 4.78 is 25.3. The van der Waals surface area contributed by atoms with Gasteiger partial charge in [0.25, 0.3) is 5.92 Å². The van der Waals surface area contributed by atoms with Crippen molar-refractivity contribution in [1.82, 2.24) is 5.32 Å². The molecule has 80 valence electrons. The van der Waals surface area contributed by atoms with E-state index < -0.39 is 35.7 Å². The van der Waals surface area contributed by atoms with Gasteiger partial charge in [0.05, 0.1) is 0 Å². The molecule has 0 heterocycles. The lowest BCUT2D eigenvalue weighted by atomic mass is 10.1. The molecule has 1 amide bonds. The van der Waals surface area contributed by atoms with Gasteiger partial charge >= 0.3 is 5.97 Å². The van der Waals surface area contributed by atoms with E-state index in [1.54, 1.807) is 0 Å². The maximum Gasteiger partial charge on any atom is 0.325 e. The van der Waals surface area contributed by atoms with Crippen LogP contribution in [0.2, 0.25) is 0 Å². The summed E-state index contributed by atoms with van der Waals surface area (Å²) in [6.45, 7) is 2.35. The number of halogens is 2. The molecule has 0 saturated heterocycles. The van der Waals surface area contributed by atoms with Crippen molar-refractivity contribution in [2.45, 2.75) is 32.2 Å². The topological polar surface area (TPSA) is 66.4 Å². The second kappa shape index (κ2) is 2.90. The monoisotopic (exact) mass is 207 g/mol. The number of rotatable bonds is 3. The molecular weight excluding hydrogens is 196 g/mol. The average molecular weight is 207 g/mol. The Bertz CT molecular complexity index is 292. The first-order chi connectivity index (χ1) is 6.21. The van der Waals surface area contributed by atoms with Crippen molar-refractivity contribution in [2.24, 2.45) is 5.41 Å². The van der Waals surface area contributed by atoms with Crippen molar-refractivity contribution in [3.63, 3.8) is 0 Å². The summed E-state index contributed by atoms with van der Waals surface area (Å²) in [5, 5.41) is 10.5. The molecule has 6 heteroatoms. The minimum absolute atomic E-state index is 0.516. The Morgan fingerprint density at radius 2 is 1.93 bits per heavy atom. The van der Waals surface area contributed by atoms with E-state index in [9.17, 15) is 18.4 Å². The Hall–Kier alpha value is -1.20. The molecule has 0 aromatic heterocycles. The van der Waals surface area contributed by atoms with E-state index in [4.69, 9.17) is 5.11 Å². The lowest BCUT2D eigenvalue weighted by molar-refractivity contribution is -0.143. The van der Waals surface area contributed by atoms with Crippen LogP contribution in [0.15, 0.2) is 0 Å². The molecule has 1 rings (SSSR count). The van der Waals surface area contributed by atoms with Gasteiger partial charge in [-0.3, -0.25) is 9.59 Å². The molecule has 0 aromatic carbocycles. The molecule has 1 unspecified atom stereocenters. The lowest BCUT2D eigenvalue weighted by Gasteiger charge is -2.13. The van der Waals surface area contributed by atoms with Crippen molar-refractivity contribution in [1.29, 1.82) is 0 Å². The lowest BCUT2D eigenvalue weighted by Crippen LogP contribution is -2.43. The normalized spacial score (nSPS) is 30.6. The van der Waals surface area contributed by atoms with E-state index in [-0.39, 0.29) is 0 Å². The van der Waals surface area contributed by atoms with Crippen molar-refractivity contribution in [3.8, 4) is 0 Å². The largest absolute Gasteiger partial charge is 0.480 e. The van der Waals surface area contributed by atoms with Gasteiger partial charge in [-0.1, -0.05) is 0 Å². The maximum absolute atomic E-state index is 12.7. The van der Waals surface area contributed by atoms with Gasteiger partial charge in [0, 0.05) is 6.42 Å². The zero-order valence-electron chi connectivity index (χ0n) is 7.80. The number of alkyl halides is 2. The number of carbonyl (C=O) groups excluding carboxylic acids is 1. The number of carbonyl (C=O) groups is 2. The Labute approximate surface area is 79.3 Å². The average Bonchev–Trinajstić information content (AvgIpc) is 2.52. The van der Waals surface area contributed by atoms with Crippen LogP contribution in [-0.4, -0.2) is 28.9 Å². The van der Waals surface area contributed by atoms with Crippen LogP contribution in [0.4, 0.5) is 8.78 Å². The van der Waals surface area contributed by atoms with Crippen LogP contribution in [0.3, 0.4) is 0 Å². The summed E-state index contributed by atoms with van der Waals surface area (Å²) in [5.41, 5.74) is -1.73. The molecule has 2 N–H and O–H groups in total. The SMILES string of the molecule is C[C@H](NC(=O)C1(C)CC1(F)F)C(=O)O. The Kier molecular flexibility index (Phi) is 2.25. The number of amides is 1. The van der Waals surface area contributed by atoms with Crippen LogP contribution in [0.25, 0.3) is 0 Å². The van der Waals surface area contributed by atoms with Gasteiger partial charge < -0.3 is 10.4 Å². The Balaban J connectivity index is 2.57.